The Kier molecular flexibility index (Phi) is 6.86. The van der Waals surface area contributed by atoms with Crippen LogP contribution in [0.25, 0.3) is 23.0 Å². The zero-order valence-corrected chi connectivity index (χ0v) is 20.6. The monoisotopic (exact) mass is 484 g/mol. The van der Waals surface area contributed by atoms with Crippen molar-refractivity contribution < 1.29 is 9.53 Å². The zero-order chi connectivity index (χ0) is 24.2. The van der Waals surface area contributed by atoms with E-state index in [0.717, 1.165) is 64.9 Å². The Morgan fingerprint density at radius 1 is 1.11 bits per heavy atom. The number of hydrogen-bond donors (Lipinski definition) is 0. The number of carbonyl (C=O) groups excluding carboxylic acids is 1. The van der Waals surface area contributed by atoms with Gasteiger partial charge < -0.3 is 9.64 Å². The van der Waals surface area contributed by atoms with E-state index in [-0.39, 0.29) is 5.91 Å². The van der Waals surface area contributed by atoms with Crippen molar-refractivity contribution in [3.05, 3.63) is 83.4 Å². The first-order chi connectivity index (χ1) is 17.1. The van der Waals surface area contributed by atoms with Gasteiger partial charge in [0.15, 0.2) is 5.17 Å². The first-order valence-electron chi connectivity index (χ1n) is 11.9. The number of piperidine rings is 1. The van der Waals surface area contributed by atoms with Gasteiger partial charge in [-0.05, 0) is 79.9 Å². The Bertz CT molecular complexity index is 1300. The summed E-state index contributed by atoms with van der Waals surface area (Å²) in [5.41, 5.74) is 4.61. The van der Waals surface area contributed by atoms with Gasteiger partial charge in [0, 0.05) is 30.4 Å². The molecule has 0 aliphatic carbocycles. The smallest absolute Gasteiger partial charge is 0.286 e. The molecule has 7 heteroatoms. The van der Waals surface area contributed by atoms with Crippen molar-refractivity contribution in [2.75, 3.05) is 19.7 Å². The fourth-order valence-corrected chi connectivity index (χ4v) is 5.25. The molecule has 0 N–H and O–H groups in total. The van der Waals surface area contributed by atoms with E-state index >= 15 is 0 Å². The molecule has 5 rings (SSSR count). The molecule has 35 heavy (non-hydrogen) atoms. The van der Waals surface area contributed by atoms with E-state index in [0.29, 0.717) is 11.5 Å². The third-order valence-corrected chi connectivity index (χ3v) is 7.14. The number of carbonyl (C=O) groups is 1. The predicted molar refractivity (Wildman–Crippen MR) is 143 cm³/mol. The molecule has 0 atom stereocenters. The molecule has 0 unspecified atom stereocenters. The molecule has 2 aliphatic rings. The quantitative estimate of drug-likeness (QED) is 0.324. The Morgan fingerprint density at radius 2 is 1.91 bits per heavy atom. The van der Waals surface area contributed by atoms with Crippen molar-refractivity contribution in [3.63, 3.8) is 0 Å². The third-order valence-electron chi connectivity index (χ3n) is 6.09. The van der Waals surface area contributed by atoms with Crippen molar-refractivity contribution in [2.24, 2.45) is 4.99 Å². The topological polar surface area (TPSA) is 59.7 Å². The van der Waals surface area contributed by atoms with Gasteiger partial charge >= 0.3 is 0 Å². The maximum atomic E-state index is 12.8. The van der Waals surface area contributed by atoms with Gasteiger partial charge in [0.1, 0.15) is 18.1 Å². The molecule has 3 heterocycles. The Balaban J connectivity index is 1.51. The Morgan fingerprint density at radius 3 is 2.66 bits per heavy atom. The highest BCUT2D eigenvalue weighted by molar-refractivity contribution is 8.18. The van der Waals surface area contributed by atoms with Gasteiger partial charge in [-0.1, -0.05) is 30.9 Å². The molecule has 178 valence electrons. The summed E-state index contributed by atoms with van der Waals surface area (Å²) in [7, 11) is 0. The largest absolute Gasteiger partial charge is 0.489 e. The number of aliphatic imine (C=N–C) groups is 1. The molecule has 6 nitrogen and oxygen atoms in total. The van der Waals surface area contributed by atoms with Crippen molar-refractivity contribution in [3.8, 4) is 22.7 Å². The molecule has 1 saturated heterocycles. The average molecular weight is 485 g/mol. The SMILES string of the molecule is C=CCOc1ccc(-c2nn(-c3ccccc3)cc2/C=C2\SC(N3CCCCC3)=NC2=O)cc1C. The molecule has 0 spiro atoms. The summed E-state index contributed by atoms with van der Waals surface area (Å²) in [4.78, 5) is 20.0. The first-order valence-corrected chi connectivity index (χ1v) is 12.7. The van der Waals surface area contributed by atoms with Crippen LogP contribution in [0, 0.1) is 6.92 Å². The molecule has 1 aromatic heterocycles. The minimum atomic E-state index is -0.182. The first kappa shape index (κ1) is 23.2. The summed E-state index contributed by atoms with van der Waals surface area (Å²) < 4.78 is 7.61. The number of rotatable bonds is 6. The summed E-state index contributed by atoms with van der Waals surface area (Å²) in [6, 6.07) is 16.0. The number of nitrogens with zero attached hydrogens (tertiary/aromatic N) is 4. The van der Waals surface area contributed by atoms with Gasteiger partial charge in [-0.15, -0.1) is 0 Å². The van der Waals surface area contributed by atoms with E-state index in [1.165, 1.54) is 18.2 Å². The van der Waals surface area contributed by atoms with Crippen LogP contribution in [-0.4, -0.2) is 45.5 Å². The highest BCUT2D eigenvalue weighted by atomic mass is 32.2. The van der Waals surface area contributed by atoms with Crippen molar-refractivity contribution in [1.82, 2.24) is 14.7 Å². The van der Waals surface area contributed by atoms with Crippen LogP contribution in [-0.2, 0) is 4.79 Å². The zero-order valence-electron chi connectivity index (χ0n) is 19.8. The lowest BCUT2D eigenvalue weighted by atomic mass is 10.0. The van der Waals surface area contributed by atoms with Gasteiger partial charge in [0.2, 0.25) is 0 Å². The molecular formula is C28H28N4O2S. The normalized spacial score (nSPS) is 17.1. The van der Waals surface area contributed by atoms with Gasteiger partial charge in [-0.25, -0.2) is 4.68 Å². The number of amides is 1. The second-order valence-corrected chi connectivity index (χ2v) is 9.66. The van der Waals surface area contributed by atoms with Crippen LogP contribution in [0.3, 0.4) is 0 Å². The predicted octanol–water partition coefficient (Wildman–Crippen LogP) is 5.87. The van der Waals surface area contributed by atoms with E-state index in [1.54, 1.807) is 6.08 Å². The average Bonchev–Trinajstić information content (AvgIpc) is 3.48. The fourth-order valence-electron chi connectivity index (χ4n) is 4.30. The second kappa shape index (κ2) is 10.4. The summed E-state index contributed by atoms with van der Waals surface area (Å²) >= 11 is 1.46. The number of para-hydroxylation sites is 1. The lowest BCUT2D eigenvalue weighted by Gasteiger charge is -2.27. The molecule has 3 aromatic rings. The number of aryl methyl sites for hydroxylation is 1. The minimum Gasteiger partial charge on any atom is -0.489 e. The molecular weight excluding hydrogens is 456 g/mol. The van der Waals surface area contributed by atoms with Crippen LogP contribution < -0.4 is 4.74 Å². The van der Waals surface area contributed by atoms with Crippen molar-refractivity contribution in [2.45, 2.75) is 26.2 Å². The number of likely N-dealkylation sites (tertiary alicyclic amines) is 1. The number of aromatic nitrogens is 2. The molecule has 1 fully saturated rings. The maximum Gasteiger partial charge on any atom is 0.286 e. The van der Waals surface area contributed by atoms with Crippen LogP contribution in [0.5, 0.6) is 5.75 Å². The molecule has 2 aliphatic heterocycles. The second-order valence-electron chi connectivity index (χ2n) is 8.65. The van der Waals surface area contributed by atoms with Crippen LogP contribution in [0.4, 0.5) is 0 Å². The Labute approximate surface area is 210 Å². The van der Waals surface area contributed by atoms with E-state index in [1.807, 2.05) is 66.3 Å². The molecule has 0 radical (unpaired) electrons. The van der Waals surface area contributed by atoms with Crippen molar-refractivity contribution >= 4 is 28.9 Å². The molecule has 0 saturated carbocycles. The van der Waals surface area contributed by atoms with Crippen LogP contribution in [0.1, 0.15) is 30.4 Å². The number of amidine groups is 1. The standard InChI is InChI=1S/C28H28N4O2S/c1-3-16-34-24-13-12-21(17-20(24)2)26-22(19-32(30-26)23-10-6-4-7-11-23)18-25-27(33)29-28(35-25)31-14-8-5-9-15-31/h3-4,6-7,10-13,17-19H,1,5,8-9,14-16H2,2H3/b25-18-. The van der Waals surface area contributed by atoms with E-state index in [2.05, 4.69) is 22.5 Å². The molecule has 0 bridgehead atoms. The van der Waals surface area contributed by atoms with Gasteiger partial charge in [0.25, 0.3) is 5.91 Å². The Hall–Kier alpha value is -3.58. The summed E-state index contributed by atoms with van der Waals surface area (Å²) in [6.07, 6.45) is 9.16. The lowest BCUT2D eigenvalue weighted by Crippen LogP contribution is -2.33. The molecule has 2 aromatic carbocycles. The van der Waals surface area contributed by atoms with Gasteiger partial charge in [-0.2, -0.15) is 10.1 Å². The van der Waals surface area contributed by atoms with E-state index in [4.69, 9.17) is 9.84 Å². The third kappa shape index (κ3) is 5.10. The highest BCUT2D eigenvalue weighted by Gasteiger charge is 2.27. The van der Waals surface area contributed by atoms with Crippen LogP contribution in [0.15, 0.2) is 77.3 Å². The number of ether oxygens (including phenoxy) is 1. The van der Waals surface area contributed by atoms with Crippen molar-refractivity contribution in [1.29, 1.82) is 0 Å². The maximum absolute atomic E-state index is 12.8. The summed E-state index contributed by atoms with van der Waals surface area (Å²) in [5.74, 6) is 0.635. The highest BCUT2D eigenvalue weighted by Crippen LogP contribution is 2.35. The summed E-state index contributed by atoms with van der Waals surface area (Å²) in [5, 5.41) is 5.72. The lowest BCUT2D eigenvalue weighted by molar-refractivity contribution is -0.113. The number of benzene rings is 2. The van der Waals surface area contributed by atoms with E-state index < -0.39 is 0 Å². The van der Waals surface area contributed by atoms with Crippen LogP contribution >= 0.6 is 11.8 Å². The summed E-state index contributed by atoms with van der Waals surface area (Å²) in [6.45, 7) is 8.11. The number of hydrogen-bond acceptors (Lipinski definition) is 5. The van der Waals surface area contributed by atoms with Gasteiger partial charge in [-0.3, -0.25) is 4.79 Å². The van der Waals surface area contributed by atoms with Crippen LogP contribution in [0.2, 0.25) is 0 Å². The minimum absolute atomic E-state index is 0.182. The number of thioether (sulfide) groups is 1. The molecule has 1 amide bonds. The van der Waals surface area contributed by atoms with E-state index in [9.17, 15) is 4.79 Å². The fraction of sp³-hybridized carbons (Fsp3) is 0.250. The van der Waals surface area contributed by atoms with Gasteiger partial charge in [0.05, 0.1) is 10.6 Å².